The van der Waals surface area contributed by atoms with Gasteiger partial charge in [-0.1, -0.05) is 19.9 Å². The maximum absolute atomic E-state index is 5.82. The Morgan fingerprint density at radius 3 is 2.75 bits per heavy atom. The number of nitrogens with zero attached hydrogens (tertiary/aromatic N) is 2. The summed E-state index contributed by atoms with van der Waals surface area (Å²) in [5, 5.41) is 5.26. The summed E-state index contributed by atoms with van der Waals surface area (Å²) in [6.07, 6.45) is 2.07. The number of nitrogens with two attached hydrogens (primary N) is 1. The number of nitrogens with one attached hydrogen (secondary N) is 1. The smallest absolute Gasteiger partial charge is 0.188 e. The van der Waals surface area contributed by atoms with Gasteiger partial charge in [-0.25, -0.2) is 0 Å². The minimum atomic E-state index is 0. The number of aliphatic imine (C=N–C) groups is 1. The molecule has 0 spiro atoms. The highest BCUT2D eigenvalue weighted by Gasteiger charge is 1.98. The molecule has 0 aromatic carbocycles. The molecule has 0 bridgehead atoms. The molecule has 0 atom stereocenters. The van der Waals surface area contributed by atoms with Crippen molar-refractivity contribution in [2.75, 3.05) is 32.7 Å². The van der Waals surface area contributed by atoms with E-state index in [0.717, 1.165) is 45.6 Å². The third-order valence-corrected chi connectivity index (χ3v) is 4.00. The van der Waals surface area contributed by atoms with E-state index < -0.39 is 0 Å². The number of thiophene rings is 1. The van der Waals surface area contributed by atoms with Crippen molar-refractivity contribution < 1.29 is 0 Å². The summed E-state index contributed by atoms with van der Waals surface area (Å²) >= 11 is 1.78. The number of guanidine groups is 1. The van der Waals surface area contributed by atoms with Crippen LogP contribution in [0.15, 0.2) is 22.5 Å². The van der Waals surface area contributed by atoms with Gasteiger partial charge in [0.1, 0.15) is 0 Å². The Labute approximate surface area is 143 Å². The summed E-state index contributed by atoms with van der Waals surface area (Å²) in [5.41, 5.74) is 5.82. The summed E-state index contributed by atoms with van der Waals surface area (Å²) in [4.78, 5) is 8.12. The molecule has 1 aromatic rings. The molecule has 116 valence electrons. The zero-order valence-corrected chi connectivity index (χ0v) is 15.6. The second-order valence-corrected chi connectivity index (χ2v) is 5.44. The Morgan fingerprint density at radius 2 is 2.15 bits per heavy atom. The Bertz CT molecular complexity index is 350. The van der Waals surface area contributed by atoms with Crippen LogP contribution in [0.4, 0.5) is 0 Å². The molecule has 0 saturated carbocycles. The predicted octanol–water partition coefficient (Wildman–Crippen LogP) is 2.54. The molecule has 1 heterocycles. The van der Waals surface area contributed by atoms with Crippen molar-refractivity contribution in [1.82, 2.24) is 10.2 Å². The largest absolute Gasteiger partial charge is 0.370 e. The lowest BCUT2D eigenvalue weighted by Gasteiger charge is -2.16. The molecule has 1 aromatic heterocycles. The first-order chi connectivity index (χ1) is 9.26. The zero-order chi connectivity index (χ0) is 13.9. The fraction of sp³-hybridized carbons (Fsp3) is 0.643. The molecule has 0 fully saturated rings. The lowest BCUT2D eigenvalue weighted by molar-refractivity contribution is 0.302. The predicted molar refractivity (Wildman–Crippen MR) is 100 cm³/mol. The maximum atomic E-state index is 5.82. The molecule has 0 aliphatic carbocycles. The molecule has 0 aliphatic heterocycles. The normalized spacial score (nSPS) is 11.4. The Hall–Kier alpha value is -0.340. The summed E-state index contributed by atoms with van der Waals surface area (Å²) in [6, 6.07) is 4.22. The van der Waals surface area contributed by atoms with Crippen LogP contribution >= 0.6 is 35.3 Å². The molecule has 3 N–H and O–H groups in total. The quantitative estimate of drug-likeness (QED) is 0.285. The highest BCUT2D eigenvalue weighted by Crippen LogP contribution is 2.07. The fourth-order valence-corrected chi connectivity index (χ4v) is 2.57. The summed E-state index contributed by atoms with van der Waals surface area (Å²) < 4.78 is 0. The van der Waals surface area contributed by atoms with Gasteiger partial charge in [0.05, 0.1) is 0 Å². The van der Waals surface area contributed by atoms with Crippen LogP contribution in [-0.2, 0) is 6.42 Å². The topological polar surface area (TPSA) is 53.6 Å². The Balaban J connectivity index is 0.00000361. The van der Waals surface area contributed by atoms with E-state index in [4.69, 9.17) is 5.73 Å². The SMILES string of the molecule is CCN(CC)CCCN=C(N)NCCc1cccs1.I. The van der Waals surface area contributed by atoms with E-state index in [1.165, 1.54) is 4.88 Å². The molecule has 0 radical (unpaired) electrons. The number of hydrogen-bond acceptors (Lipinski definition) is 3. The maximum Gasteiger partial charge on any atom is 0.188 e. The van der Waals surface area contributed by atoms with Crippen LogP contribution in [0.2, 0.25) is 0 Å². The van der Waals surface area contributed by atoms with Crippen LogP contribution in [0, 0.1) is 0 Å². The van der Waals surface area contributed by atoms with Gasteiger partial charge in [0, 0.05) is 18.0 Å². The second-order valence-electron chi connectivity index (χ2n) is 4.40. The molecule has 0 aliphatic rings. The van der Waals surface area contributed by atoms with Crippen molar-refractivity contribution in [2.24, 2.45) is 10.7 Å². The lowest BCUT2D eigenvalue weighted by atomic mass is 10.3. The van der Waals surface area contributed by atoms with Gasteiger partial charge in [-0.3, -0.25) is 4.99 Å². The van der Waals surface area contributed by atoms with E-state index >= 15 is 0 Å². The molecular formula is C14H27IN4S. The third kappa shape index (κ3) is 8.76. The van der Waals surface area contributed by atoms with Gasteiger partial charge in [-0.05, 0) is 43.9 Å². The first-order valence-corrected chi connectivity index (χ1v) is 7.92. The summed E-state index contributed by atoms with van der Waals surface area (Å²) in [6.45, 7) is 9.34. The molecule has 4 nitrogen and oxygen atoms in total. The highest BCUT2D eigenvalue weighted by molar-refractivity contribution is 14.0. The van der Waals surface area contributed by atoms with E-state index in [1.807, 2.05) is 0 Å². The Morgan fingerprint density at radius 1 is 1.40 bits per heavy atom. The number of halogens is 1. The summed E-state index contributed by atoms with van der Waals surface area (Å²) in [5.74, 6) is 0.566. The standard InChI is InChI=1S/C14H26N4S.HI/c1-3-18(4-2)11-6-9-16-14(15)17-10-8-13-7-5-12-19-13;/h5,7,12H,3-4,6,8-11H2,1-2H3,(H3,15,16,17);1H. The molecule has 6 heteroatoms. The molecule has 0 amide bonds. The first-order valence-electron chi connectivity index (χ1n) is 7.04. The Kier molecular flexibility index (Phi) is 12.2. The van der Waals surface area contributed by atoms with Crippen LogP contribution in [0.1, 0.15) is 25.1 Å². The van der Waals surface area contributed by atoms with Gasteiger partial charge in [0.2, 0.25) is 0 Å². The van der Waals surface area contributed by atoms with Crippen molar-refractivity contribution in [3.63, 3.8) is 0 Å². The van der Waals surface area contributed by atoms with Crippen molar-refractivity contribution in [3.05, 3.63) is 22.4 Å². The first kappa shape index (κ1) is 19.7. The van der Waals surface area contributed by atoms with Gasteiger partial charge < -0.3 is 16.0 Å². The van der Waals surface area contributed by atoms with E-state index in [0.29, 0.717) is 5.96 Å². The van der Waals surface area contributed by atoms with Crippen molar-refractivity contribution in [3.8, 4) is 0 Å². The molecule has 0 saturated heterocycles. The van der Waals surface area contributed by atoms with Gasteiger partial charge in [-0.2, -0.15) is 0 Å². The van der Waals surface area contributed by atoms with Gasteiger partial charge >= 0.3 is 0 Å². The average molecular weight is 410 g/mol. The lowest BCUT2D eigenvalue weighted by Crippen LogP contribution is -2.33. The van der Waals surface area contributed by atoms with Gasteiger partial charge in [0.25, 0.3) is 0 Å². The summed E-state index contributed by atoms with van der Waals surface area (Å²) in [7, 11) is 0. The van der Waals surface area contributed by atoms with Crippen LogP contribution < -0.4 is 11.1 Å². The van der Waals surface area contributed by atoms with Crippen LogP contribution in [0.3, 0.4) is 0 Å². The average Bonchev–Trinajstić information content (AvgIpc) is 2.92. The number of rotatable bonds is 9. The van der Waals surface area contributed by atoms with Crippen molar-refractivity contribution >= 4 is 41.3 Å². The third-order valence-electron chi connectivity index (χ3n) is 3.07. The zero-order valence-electron chi connectivity index (χ0n) is 12.5. The minimum Gasteiger partial charge on any atom is -0.370 e. The van der Waals surface area contributed by atoms with Crippen molar-refractivity contribution in [1.29, 1.82) is 0 Å². The van der Waals surface area contributed by atoms with Gasteiger partial charge in [0.15, 0.2) is 5.96 Å². The van der Waals surface area contributed by atoms with E-state index in [1.54, 1.807) is 11.3 Å². The fourth-order valence-electron chi connectivity index (χ4n) is 1.86. The van der Waals surface area contributed by atoms with Crippen LogP contribution in [0.25, 0.3) is 0 Å². The second kappa shape index (κ2) is 12.4. The van der Waals surface area contributed by atoms with Crippen LogP contribution in [0.5, 0.6) is 0 Å². The monoisotopic (exact) mass is 410 g/mol. The van der Waals surface area contributed by atoms with E-state index in [2.05, 4.69) is 46.6 Å². The minimum absolute atomic E-state index is 0. The van der Waals surface area contributed by atoms with E-state index in [-0.39, 0.29) is 24.0 Å². The number of hydrogen-bond donors (Lipinski definition) is 2. The van der Waals surface area contributed by atoms with Gasteiger partial charge in [-0.15, -0.1) is 35.3 Å². The highest BCUT2D eigenvalue weighted by atomic mass is 127. The molecular weight excluding hydrogens is 383 g/mol. The molecule has 1 rings (SSSR count). The van der Waals surface area contributed by atoms with E-state index in [9.17, 15) is 0 Å². The molecule has 0 unspecified atom stereocenters. The van der Waals surface area contributed by atoms with Crippen LogP contribution in [-0.4, -0.2) is 43.6 Å². The van der Waals surface area contributed by atoms with Crippen molar-refractivity contribution in [2.45, 2.75) is 26.7 Å². The molecule has 20 heavy (non-hydrogen) atoms.